The Morgan fingerprint density at radius 1 is 1.06 bits per heavy atom. The van der Waals surface area contributed by atoms with Gasteiger partial charge in [0.15, 0.2) is 0 Å². The van der Waals surface area contributed by atoms with Crippen LogP contribution in [0.4, 0.5) is 5.69 Å². The van der Waals surface area contributed by atoms with E-state index >= 15 is 0 Å². The van der Waals surface area contributed by atoms with Crippen molar-refractivity contribution in [2.45, 2.75) is 72.4 Å². The fourth-order valence-corrected chi connectivity index (χ4v) is 4.50. The third kappa shape index (κ3) is 6.42. The van der Waals surface area contributed by atoms with Gasteiger partial charge in [0.2, 0.25) is 23.6 Å². The van der Waals surface area contributed by atoms with Crippen LogP contribution in [0.3, 0.4) is 0 Å². The van der Waals surface area contributed by atoms with Crippen LogP contribution in [0, 0.1) is 11.8 Å². The average molecular weight is 497 g/mol. The molecule has 8 heteroatoms. The number of nitrogens with one attached hydrogen (secondary N) is 3. The lowest BCUT2D eigenvalue weighted by Gasteiger charge is -2.34. The number of amides is 4. The number of likely N-dealkylation sites (N-methyl/N-ethyl adjacent to an activating group) is 1. The summed E-state index contributed by atoms with van der Waals surface area (Å²) in [5.41, 5.74) is 1.73. The Bertz CT molecular complexity index is 1060. The van der Waals surface area contributed by atoms with Crippen molar-refractivity contribution in [1.29, 1.82) is 0 Å². The number of nitrogens with zero attached hydrogens (tertiary/aromatic N) is 1. The first-order valence-electron chi connectivity index (χ1n) is 12.4. The van der Waals surface area contributed by atoms with E-state index in [1.54, 1.807) is 13.1 Å². The minimum Gasteiger partial charge on any atom is -0.344 e. The molecule has 2 rings (SSSR count). The zero-order chi connectivity index (χ0) is 27.2. The van der Waals surface area contributed by atoms with Crippen molar-refractivity contribution < 1.29 is 19.2 Å². The molecule has 8 nitrogen and oxygen atoms in total. The Kier molecular flexibility index (Phi) is 9.62. The molecule has 0 fully saturated rings. The van der Waals surface area contributed by atoms with Crippen molar-refractivity contribution in [2.75, 3.05) is 12.4 Å². The summed E-state index contributed by atoms with van der Waals surface area (Å²) < 4.78 is 0. The summed E-state index contributed by atoms with van der Waals surface area (Å²) in [6.07, 6.45) is 5.68. The number of carbonyl (C=O) groups is 4. The monoisotopic (exact) mass is 496 g/mol. The Balaban J connectivity index is 2.31. The van der Waals surface area contributed by atoms with Crippen LogP contribution in [0.25, 0.3) is 0 Å². The first-order chi connectivity index (χ1) is 16.8. The smallest absolute Gasteiger partial charge is 0.246 e. The van der Waals surface area contributed by atoms with Crippen LogP contribution >= 0.6 is 0 Å². The predicted octanol–water partition coefficient (Wildman–Crippen LogP) is 3.51. The lowest BCUT2D eigenvalue weighted by Crippen LogP contribution is -2.56. The highest BCUT2D eigenvalue weighted by Gasteiger charge is 2.44. The molecule has 36 heavy (non-hydrogen) atoms. The Hall–Kier alpha value is -3.42. The standard InChI is InChI=1S/C28H40N4O4/c1-17(2)13-14-28(21-11-9-10-12-22(21)31-27(28)36)15-16-29-25(34)24(19(5)6)32(8)26(35)23(18(3)4)30-20(7)33/h9-13,15-16,18-19,23-24H,14H2,1-8H3,(H,29,34)(H,30,33)(H,31,36)/t23-,24-,28-/m0/s1. The summed E-state index contributed by atoms with van der Waals surface area (Å²) in [6, 6.07) is 6.03. The molecule has 0 unspecified atom stereocenters. The minimum atomic E-state index is -0.954. The van der Waals surface area contributed by atoms with Gasteiger partial charge in [0.25, 0.3) is 0 Å². The van der Waals surface area contributed by atoms with Gasteiger partial charge in [-0.2, -0.15) is 0 Å². The SMILES string of the molecule is CC(=O)N[C@H](C(=O)N(C)[C@H](C(=O)NC=C[C@]1(CC=C(C)C)C(=O)Nc2ccccc21)C(C)C)C(C)C. The summed E-state index contributed by atoms with van der Waals surface area (Å²) in [6.45, 7) is 12.7. The molecule has 3 atom stereocenters. The predicted molar refractivity (Wildman–Crippen MR) is 142 cm³/mol. The maximum atomic E-state index is 13.3. The van der Waals surface area contributed by atoms with Gasteiger partial charge in [-0.1, -0.05) is 57.5 Å². The van der Waals surface area contributed by atoms with Crippen molar-refractivity contribution in [3.63, 3.8) is 0 Å². The molecular formula is C28H40N4O4. The molecule has 0 bridgehead atoms. The topological polar surface area (TPSA) is 108 Å². The molecule has 1 aliphatic rings. The van der Waals surface area contributed by atoms with Crippen molar-refractivity contribution in [3.8, 4) is 0 Å². The van der Waals surface area contributed by atoms with Crippen LogP contribution in [0.15, 0.2) is 48.2 Å². The van der Waals surface area contributed by atoms with Gasteiger partial charge in [-0.3, -0.25) is 19.2 Å². The van der Waals surface area contributed by atoms with E-state index in [1.807, 2.05) is 71.9 Å². The fraction of sp³-hybridized carbons (Fsp3) is 0.500. The molecule has 196 valence electrons. The number of hydrogen-bond donors (Lipinski definition) is 3. The fourth-order valence-electron chi connectivity index (χ4n) is 4.50. The Morgan fingerprint density at radius 3 is 2.25 bits per heavy atom. The highest BCUT2D eigenvalue weighted by molar-refractivity contribution is 6.08. The third-order valence-corrected chi connectivity index (χ3v) is 6.44. The number of para-hydroxylation sites is 1. The summed E-state index contributed by atoms with van der Waals surface area (Å²) >= 11 is 0. The molecule has 3 N–H and O–H groups in total. The van der Waals surface area contributed by atoms with Crippen molar-refractivity contribution in [1.82, 2.24) is 15.5 Å². The Morgan fingerprint density at radius 2 is 1.69 bits per heavy atom. The molecule has 1 heterocycles. The lowest BCUT2D eigenvalue weighted by atomic mass is 9.78. The first kappa shape index (κ1) is 28.8. The van der Waals surface area contributed by atoms with Crippen LogP contribution in [0.1, 0.15) is 60.5 Å². The van der Waals surface area contributed by atoms with Crippen LogP contribution in [0.5, 0.6) is 0 Å². The van der Waals surface area contributed by atoms with E-state index in [9.17, 15) is 19.2 Å². The highest BCUT2D eigenvalue weighted by Crippen LogP contribution is 2.41. The van der Waals surface area contributed by atoms with E-state index in [-0.39, 0.29) is 35.5 Å². The molecular weight excluding hydrogens is 456 g/mol. The summed E-state index contributed by atoms with van der Waals surface area (Å²) in [4.78, 5) is 52.6. The number of rotatable bonds is 10. The maximum Gasteiger partial charge on any atom is 0.246 e. The van der Waals surface area contributed by atoms with Gasteiger partial charge < -0.3 is 20.9 Å². The van der Waals surface area contributed by atoms with Crippen molar-refractivity contribution >= 4 is 29.3 Å². The van der Waals surface area contributed by atoms with E-state index in [0.29, 0.717) is 6.42 Å². The van der Waals surface area contributed by atoms with E-state index < -0.39 is 17.5 Å². The van der Waals surface area contributed by atoms with Gasteiger partial charge in [-0.05, 0) is 49.8 Å². The van der Waals surface area contributed by atoms with Crippen LogP contribution < -0.4 is 16.0 Å². The highest BCUT2D eigenvalue weighted by atomic mass is 16.2. The van der Waals surface area contributed by atoms with Gasteiger partial charge in [0, 0.05) is 25.9 Å². The van der Waals surface area contributed by atoms with Gasteiger partial charge in [0.05, 0.1) is 5.41 Å². The molecule has 0 saturated heterocycles. The van der Waals surface area contributed by atoms with Crippen LogP contribution in [0.2, 0.25) is 0 Å². The zero-order valence-electron chi connectivity index (χ0n) is 22.6. The number of fused-ring (bicyclic) bond motifs is 1. The molecule has 1 aromatic carbocycles. The normalized spacial score (nSPS) is 18.4. The van der Waals surface area contributed by atoms with E-state index in [1.165, 1.54) is 18.0 Å². The van der Waals surface area contributed by atoms with Crippen LogP contribution in [-0.2, 0) is 24.6 Å². The van der Waals surface area contributed by atoms with Gasteiger partial charge >= 0.3 is 0 Å². The number of allylic oxidation sites excluding steroid dienone is 2. The molecule has 0 aromatic heterocycles. The van der Waals surface area contributed by atoms with E-state index in [0.717, 1.165) is 16.8 Å². The van der Waals surface area contributed by atoms with Gasteiger partial charge in [-0.25, -0.2) is 0 Å². The minimum absolute atomic E-state index is 0.143. The molecule has 1 aliphatic heterocycles. The summed E-state index contributed by atoms with van der Waals surface area (Å²) in [5.74, 6) is -1.49. The molecule has 0 saturated carbocycles. The zero-order valence-corrected chi connectivity index (χ0v) is 22.6. The van der Waals surface area contributed by atoms with Crippen molar-refractivity contribution in [2.24, 2.45) is 11.8 Å². The molecule has 4 amide bonds. The average Bonchev–Trinajstić information content (AvgIpc) is 3.06. The largest absolute Gasteiger partial charge is 0.344 e. The molecule has 0 spiro atoms. The quantitative estimate of drug-likeness (QED) is 0.431. The van der Waals surface area contributed by atoms with Crippen molar-refractivity contribution in [3.05, 3.63) is 53.8 Å². The second-order valence-electron chi connectivity index (χ2n) is 10.4. The number of anilines is 1. The van der Waals surface area contributed by atoms with E-state index in [2.05, 4.69) is 16.0 Å². The second-order valence-corrected chi connectivity index (χ2v) is 10.4. The maximum absolute atomic E-state index is 13.3. The second kappa shape index (κ2) is 12.0. The number of carbonyl (C=O) groups excluding carboxylic acids is 4. The lowest BCUT2D eigenvalue weighted by molar-refractivity contribution is -0.143. The van der Waals surface area contributed by atoms with Gasteiger partial charge in [0.1, 0.15) is 12.1 Å². The molecule has 0 radical (unpaired) electrons. The summed E-state index contributed by atoms with van der Waals surface area (Å²) in [7, 11) is 1.57. The molecule has 1 aromatic rings. The number of hydrogen-bond acceptors (Lipinski definition) is 4. The van der Waals surface area contributed by atoms with E-state index in [4.69, 9.17) is 0 Å². The van der Waals surface area contributed by atoms with Crippen LogP contribution in [-0.4, -0.2) is 47.7 Å². The van der Waals surface area contributed by atoms with Gasteiger partial charge in [-0.15, -0.1) is 0 Å². The molecule has 0 aliphatic carbocycles. The summed E-state index contributed by atoms with van der Waals surface area (Å²) in [5, 5.41) is 8.43. The Labute approximate surface area is 214 Å². The first-order valence-corrected chi connectivity index (χ1v) is 12.4. The third-order valence-electron chi connectivity index (χ3n) is 6.44. The number of benzene rings is 1.